The highest BCUT2D eigenvalue weighted by atomic mass is 16.6. The average molecular weight is 1100 g/mol. The van der Waals surface area contributed by atoms with Crippen molar-refractivity contribution < 1.29 is 28.6 Å². The zero-order valence-corrected chi connectivity index (χ0v) is 51.6. The van der Waals surface area contributed by atoms with Crippen LogP contribution in [0.15, 0.2) is 122 Å². The predicted octanol–water partition coefficient (Wildman–Crippen LogP) is 22.8. The number of unbranched alkanes of at least 4 members (excludes halogenated alkanes) is 28. The Balaban J connectivity index is 4.43. The van der Waals surface area contributed by atoms with Crippen LogP contribution in [0.25, 0.3) is 0 Å². The molecule has 0 aromatic rings. The second kappa shape index (κ2) is 66.3. The zero-order chi connectivity index (χ0) is 57.1. The standard InChI is InChI=1S/C73H122O6/c1-4-7-10-13-16-19-22-25-28-31-33-34-35-36-37-38-40-42-45-48-51-54-57-60-63-66-72(75)78-69-70(68-77-71(74)65-62-59-56-53-50-47-44-41-30-27-24-21-18-15-12-9-6-3)79-73(76)67-64-61-58-55-52-49-46-43-39-32-29-26-23-20-17-14-11-8-5-2/h7-8,10-11,16-17,19-20,25-26,28-29,33-34,36-37,39-40,42-43,70H,4-6,9,12-15,18,21-24,27,30-32,35,38,41,44-69H2,1-3H3/b10-7-,11-8-,19-16-,20-17-,28-25-,29-26-,34-33-,37-36-,42-40-,43-39-. The van der Waals surface area contributed by atoms with E-state index in [1.807, 2.05) is 0 Å². The molecule has 1 atom stereocenters. The van der Waals surface area contributed by atoms with Crippen LogP contribution in [0, 0.1) is 0 Å². The fourth-order valence-corrected chi connectivity index (χ4v) is 9.09. The van der Waals surface area contributed by atoms with Gasteiger partial charge in [0.1, 0.15) is 13.2 Å². The van der Waals surface area contributed by atoms with Crippen LogP contribution in [-0.4, -0.2) is 37.2 Å². The monoisotopic (exact) mass is 1090 g/mol. The highest BCUT2D eigenvalue weighted by Gasteiger charge is 2.19. The molecule has 450 valence electrons. The molecule has 0 aliphatic heterocycles. The van der Waals surface area contributed by atoms with Crippen molar-refractivity contribution in [1.82, 2.24) is 0 Å². The molecule has 0 saturated carbocycles. The van der Waals surface area contributed by atoms with E-state index in [2.05, 4.69) is 142 Å². The SMILES string of the molecule is CC/C=C\C/C=C\C/C=C\C/C=C\C/C=C\C/C=C\CCCCCCCCC(=O)OCC(COC(=O)CCCCCCCCCCCCCCCCCCC)OC(=O)CCCCCCCC/C=C\C/C=C\C/C=C\C/C=C\CC. The van der Waals surface area contributed by atoms with Crippen molar-refractivity contribution in [3.8, 4) is 0 Å². The van der Waals surface area contributed by atoms with Crippen LogP contribution in [-0.2, 0) is 28.6 Å². The molecule has 0 bridgehead atoms. The Morgan fingerprint density at radius 1 is 0.266 bits per heavy atom. The summed E-state index contributed by atoms with van der Waals surface area (Å²) in [5, 5.41) is 0. The molecule has 0 N–H and O–H groups in total. The molecule has 0 radical (unpaired) electrons. The Kier molecular flexibility index (Phi) is 62.8. The van der Waals surface area contributed by atoms with Crippen LogP contribution >= 0.6 is 0 Å². The number of hydrogen-bond donors (Lipinski definition) is 0. The second-order valence-corrected chi connectivity index (χ2v) is 21.6. The molecule has 6 nitrogen and oxygen atoms in total. The first-order valence-electron chi connectivity index (χ1n) is 33.0. The summed E-state index contributed by atoms with van der Waals surface area (Å²) in [6.07, 6.45) is 92.0. The third-order valence-electron chi connectivity index (χ3n) is 14.0. The van der Waals surface area contributed by atoms with Gasteiger partial charge in [-0.3, -0.25) is 14.4 Å². The first-order valence-corrected chi connectivity index (χ1v) is 33.0. The normalized spacial score (nSPS) is 12.9. The maximum Gasteiger partial charge on any atom is 0.306 e. The first kappa shape index (κ1) is 74.8. The van der Waals surface area contributed by atoms with Gasteiger partial charge in [0.05, 0.1) is 0 Å². The summed E-state index contributed by atoms with van der Waals surface area (Å²) in [6, 6.07) is 0. The zero-order valence-electron chi connectivity index (χ0n) is 51.6. The summed E-state index contributed by atoms with van der Waals surface area (Å²) in [4.78, 5) is 38.4. The number of allylic oxidation sites excluding steroid dienone is 20. The highest BCUT2D eigenvalue weighted by Crippen LogP contribution is 2.16. The minimum atomic E-state index is -0.796. The topological polar surface area (TPSA) is 78.9 Å². The van der Waals surface area contributed by atoms with E-state index in [1.165, 1.54) is 116 Å². The van der Waals surface area contributed by atoms with Crippen molar-refractivity contribution >= 4 is 17.9 Å². The van der Waals surface area contributed by atoms with Gasteiger partial charge in [0.25, 0.3) is 0 Å². The van der Waals surface area contributed by atoms with Gasteiger partial charge >= 0.3 is 17.9 Å². The average Bonchev–Trinajstić information content (AvgIpc) is 3.45. The van der Waals surface area contributed by atoms with Gasteiger partial charge in [-0.05, 0) is 109 Å². The largest absolute Gasteiger partial charge is 0.462 e. The second-order valence-electron chi connectivity index (χ2n) is 21.6. The van der Waals surface area contributed by atoms with Crippen molar-refractivity contribution in [2.45, 2.75) is 309 Å². The molecule has 0 fully saturated rings. The molecule has 0 spiro atoms. The predicted molar refractivity (Wildman–Crippen MR) is 343 cm³/mol. The lowest BCUT2D eigenvalue weighted by atomic mass is 10.0. The lowest BCUT2D eigenvalue weighted by Crippen LogP contribution is -2.30. The number of hydrogen-bond acceptors (Lipinski definition) is 6. The van der Waals surface area contributed by atoms with Crippen molar-refractivity contribution in [3.05, 3.63) is 122 Å². The number of rotatable bonds is 59. The Bertz CT molecular complexity index is 1640. The number of carbonyl (C=O) groups excluding carboxylic acids is 3. The number of carbonyl (C=O) groups is 3. The summed E-state index contributed by atoms with van der Waals surface area (Å²) in [5.41, 5.74) is 0. The van der Waals surface area contributed by atoms with E-state index >= 15 is 0 Å². The molecule has 0 rings (SSSR count). The maximum atomic E-state index is 12.9. The molecular formula is C73H122O6. The van der Waals surface area contributed by atoms with Crippen molar-refractivity contribution in [2.24, 2.45) is 0 Å². The van der Waals surface area contributed by atoms with Gasteiger partial charge < -0.3 is 14.2 Å². The summed E-state index contributed by atoms with van der Waals surface area (Å²) in [5.74, 6) is -0.909. The third-order valence-corrected chi connectivity index (χ3v) is 14.0. The van der Waals surface area contributed by atoms with Gasteiger partial charge in [0.15, 0.2) is 6.10 Å². The molecule has 0 saturated heterocycles. The fraction of sp³-hybridized carbons (Fsp3) is 0.685. The molecular weight excluding hydrogens is 973 g/mol. The van der Waals surface area contributed by atoms with Gasteiger partial charge in [-0.25, -0.2) is 0 Å². The van der Waals surface area contributed by atoms with E-state index in [0.717, 1.165) is 148 Å². The van der Waals surface area contributed by atoms with E-state index < -0.39 is 6.10 Å². The van der Waals surface area contributed by atoms with Gasteiger partial charge in [-0.1, -0.05) is 296 Å². The number of ether oxygens (including phenoxy) is 3. The lowest BCUT2D eigenvalue weighted by molar-refractivity contribution is -0.167. The van der Waals surface area contributed by atoms with E-state index in [9.17, 15) is 14.4 Å². The molecule has 6 heteroatoms. The quantitative estimate of drug-likeness (QED) is 0.0261. The van der Waals surface area contributed by atoms with Crippen molar-refractivity contribution in [1.29, 1.82) is 0 Å². The summed E-state index contributed by atoms with van der Waals surface area (Å²) in [7, 11) is 0. The van der Waals surface area contributed by atoms with Crippen LogP contribution in [0.4, 0.5) is 0 Å². The van der Waals surface area contributed by atoms with Gasteiger partial charge in [-0.15, -0.1) is 0 Å². The maximum absolute atomic E-state index is 12.9. The van der Waals surface area contributed by atoms with E-state index in [4.69, 9.17) is 14.2 Å². The molecule has 0 aliphatic carbocycles. The van der Waals surface area contributed by atoms with E-state index in [-0.39, 0.29) is 31.1 Å². The van der Waals surface area contributed by atoms with Crippen molar-refractivity contribution in [2.75, 3.05) is 13.2 Å². The van der Waals surface area contributed by atoms with Crippen LogP contribution in [0.3, 0.4) is 0 Å². The van der Waals surface area contributed by atoms with Crippen LogP contribution in [0.2, 0.25) is 0 Å². The Hall–Kier alpha value is -4.19. The van der Waals surface area contributed by atoms with Gasteiger partial charge in [0, 0.05) is 19.3 Å². The molecule has 1 unspecified atom stereocenters. The molecule has 0 aliphatic rings. The minimum Gasteiger partial charge on any atom is -0.462 e. The molecule has 0 heterocycles. The minimum absolute atomic E-state index is 0.0886. The first-order chi connectivity index (χ1) is 39.0. The van der Waals surface area contributed by atoms with Crippen LogP contribution < -0.4 is 0 Å². The summed E-state index contributed by atoms with van der Waals surface area (Å²) < 4.78 is 16.9. The van der Waals surface area contributed by atoms with E-state index in [0.29, 0.717) is 19.3 Å². The Morgan fingerprint density at radius 2 is 0.494 bits per heavy atom. The van der Waals surface area contributed by atoms with Crippen LogP contribution in [0.5, 0.6) is 0 Å². The van der Waals surface area contributed by atoms with E-state index in [1.54, 1.807) is 0 Å². The summed E-state index contributed by atoms with van der Waals surface area (Å²) >= 11 is 0. The van der Waals surface area contributed by atoms with Crippen molar-refractivity contribution in [3.63, 3.8) is 0 Å². The fourth-order valence-electron chi connectivity index (χ4n) is 9.09. The Labute approximate surface area is 488 Å². The Morgan fingerprint density at radius 3 is 0.772 bits per heavy atom. The molecule has 0 aromatic heterocycles. The van der Waals surface area contributed by atoms with Crippen LogP contribution in [0.1, 0.15) is 303 Å². The molecule has 79 heavy (non-hydrogen) atoms. The molecule has 0 amide bonds. The lowest BCUT2D eigenvalue weighted by Gasteiger charge is -2.18. The summed E-state index contributed by atoms with van der Waals surface area (Å²) in [6.45, 7) is 6.42. The van der Waals surface area contributed by atoms with Gasteiger partial charge in [0.2, 0.25) is 0 Å². The third kappa shape index (κ3) is 64.5. The highest BCUT2D eigenvalue weighted by molar-refractivity contribution is 5.71. The smallest absolute Gasteiger partial charge is 0.306 e. The van der Waals surface area contributed by atoms with Gasteiger partial charge in [-0.2, -0.15) is 0 Å². The number of esters is 3. The molecule has 0 aromatic carbocycles.